The topological polar surface area (TPSA) is 58.4 Å². The molecule has 0 fully saturated rings. The highest BCUT2D eigenvalue weighted by Gasteiger charge is 2.21. The molecule has 1 amide bonds. The van der Waals surface area contributed by atoms with Gasteiger partial charge in [-0.05, 0) is 36.6 Å². The lowest BCUT2D eigenvalue weighted by molar-refractivity contribution is -0.123. The Morgan fingerprint density at radius 2 is 2.16 bits per heavy atom. The fourth-order valence-electron chi connectivity index (χ4n) is 2.63. The Bertz CT molecular complexity index is 459. The zero-order chi connectivity index (χ0) is 13.8. The molecule has 1 aliphatic rings. The minimum atomic E-state index is 0.113. The lowest BCUT2D eigenvalue weighted by Gasteiger charge is -2.17. The van der Waals surface area contributed by atoms with E-state index in [1.807, 2.05) is 12.1 Å². The molecule has 0 bridgehead atoms. The van der Waals surface area contributed by atoms with Gasteiger partial charge in [0.1, 0.15) is 0 Å². The van der Waals surface area contributed by atoms with Crippen molar-refractivity contribution in [3.8, 4) is 0 Å². The summed E-state index contributed by atoms with van der Waals surface area (Å²) in [6.45, 7) is 6.30. The quantitative estimate of drug-likeness (QED) is 0.796. The van der Waals surface area contributed by atoms with Crippen LogP contribution in [0.4, 0.5) is 5.69 Å². The molecule has 19 heavy (non-hydrogen) atoms. The van der Waals surface area contributed by atoms with Crippen LogP contribution in [0.5, 0.6) is 0 Å². The zero-order valence-corrected chi connectivity index (χ0v) is 11.8. The van der Waals surface area contributed by atoms with Crippen molar-refractivity contribution in [3.63, 3.8) is 0 Å². The van der Waals surface area contributed by atoms with Crippen LogP contribution in [-0.4, -0.2) is 23.4 Å². The SMILES string of the molecule is CCCC(C)NC(=O)CN1Cc2ccc(N)cc2C1. The summed E-state index contributed by atoms with van der Waals surface area (Å²) in [5.74, 6) is 0.113. The number of nitrogens with one attached hydrogen (secondary N) is 1. The summed E-state index contributed by atoms with van der Waals surface area (Å²) in [6, 6.07) is 6.25. The number of hydrogen-bond donors (Lipinski definition) is 2. The molecule has 1 aromatic carbocycles. The van der Waals surface area contributed by atoms with Gasteiger partial charge in [-0.15, -0.1) is 0 Å². The van der Waals surface area contributed by atoms with Crippen LogP contribution in [0.15, 0.2) is 18.2 Å². The second-order valence-corrected chi connectivity index (χ2v) is 5.43. The van der Waals surface area contributed by atoms with Gasteiger partial charge in [0.05, 0.1) is 6.54 Å². The molecule has 0 saturated carbocycles. The molecule has 1 aliphatic heterocycles. The third-order valence-corrected chi connectivity index (χ3v) is 3.51. The number of carbonyl (C=O) groups is 1. The Balaban J connectivity index is 1.85. The summed E-state index contributed by atoms with van der Waals surface area (Å²) in [5, 5.41) is 3.04. The molecule has 0 spiro atoms. The van der Waals surface area contributed by atoms with Gasteiger partial charge in [0.2, 0.25) is 5.91 Å². The first-order valence-electron chi connectivity index (χ1n) is 6.97. The lowest BCUT2D eigenvalue weighted by atomic mass is 10.1. The number of fused-ring (bicyclic) bond motifs is 1. The summed E-state index contributed by atoms with van der Waals surface area (Å²) in [7, 11) is 0. The third kappa shape index (κ3) is 3.70. The van der Waals surface area contributed by atoms with Crippen LogP contribution in [0.25, 0.3) is 0 Å². The van der Waals surface area contributed by atoms with E-state index in [9.17, 15) is 4.79 Å². The highest BCUT2D eigenvalue weighted by Crippen LogP contribution is 2.24. The van der Waals surface area contributed by atoms with Gasteiger partial charge in [-0.2, -0.15) is 0 Å². The first-order chi connectivity index (χ1) is 9.08. The summed E-state index contributed by atoms with van der Waals surface area (Å²) in [4.78, 5) is 14.1. The van der Waals surface area contributed by atoms with Crippen molar-refractivity contribution in [3.05, 3.63) is 29.3 Å². The predicted molar refractivity (Wildman–Crippen MR) is 77.5 cm³/mol. The first-order valence-corrected chi connectivity index (χ1v) is 6.97. The van der Waals surface area contributed by atoms with Crippen molar-refractivity contribution in [1.29, 1.82) is 0 Å². The summed E-state index contributed by atoms with van der Waals surface area (Å²) < 4.78 is 0. The maximum Gasteiger partial charge on any atom is 0.234 e. The number of nitrogens with zero attached hydrogens (tertiary/aromatic N) is 1. The second-order valence-electron chi connectivity index (χ2n) is 5.43. The van der Waals surface area contributed by atoms with Crippen LogP contribution in [0.2, 0.25) is 0 Å². The van der Waals surface area contributed by atoms with E-state index in [-0.39, 0.29) is 11.9 Å². The van der Waals surface area contributed by atoms with Crippen LogP contribution >= 0.6 is 0 Å². The van der Waals surface area contributed by atoms with Crippen LogP contribution in [0.1, 0.15) is 37.8 Å². The molecule has 1 atom stereocenters. The maximum atomic E-state index is 11.9. The number of nitrogens with two attached hydrogens (primary N) is 1. The van der Waals surface area contributed by atoms with Crippen molar-refractivity contribution in [2.24, 2.45) is 0 Å². The number of hydrogen-bond acceptors (Lipinski definition) is 3. The van der Waals surface area contributed by atoms with Gasteiger partial charge in [0.15, 0.2) is 0 Å². The number of carbonyl (C=O) groups excluding carboxylic acids is 1. The molecular formula is C15H23N3O. The van der Waals surface area contributed by atoms with Crippen molar-refractivity contribution in [2.75, 3.05) is 12.3 Å². The minimum absolute atomic E-state index is 0.113. The first kappa shape index (κ1) is 13.9. The maximum absolute atomic E-state index is 11.9. The van der Waals surface area contributed by atoms with Gasteiger partial charge < -0.3 is 11.1 Å². The van der Waals surface area contributed by atoms with Gasteiger partial charge in [0.25, 0.3) is 0 Å². The molecule has 0 aromatic heterocycles. The Kier molecular flexibility index (Phi) is 4.43. The van der Waals surface area contributed by atoms with Crippen molar-refractivity contribution in [2.45, 2.75) is 45.8 Å². The van der Waals surface area contributed by atoms with Gasteiger partial charge in [-0.3, -0.25) is 9.69 Å². The zero-order valence-electron chi connectivity index (χ0n) is 11.8. The summed E-state index contributed by atoms with van der Waals surface area (Å²) >= 11 is 0. The molecule has 1 unspecified atom stereocenters. The Morgan fingerprint density at radius 3 is 2.89 bits per heavy atom. The number of amides is 1. The lowest BCUT2D eigenvalue weighted by Crippen LogP contribution is -2.39. The van der Waals surface area contributed by atoms with E-state index in [0.717, 1.165) is 31.6 Å². The molecular weight excluding hydrogens is 238 g/mol. The minimum Gasteiger partial charge on any atom is -0.399 e. The summed E-state index contributed by atoms with van der Waals surface area (Å²) in [6.07, 6.45) is 2.12. The van der Waals surface area contributed by atoms with Gasteiger partial charge in [0, 0.05) is 24.8 Å². The van der Waals surface area contributed by atoms with Crippen molar-refractivity contribution in [1.82, 2.24) is 10.2 Å². The molecule has 104 valence electrons. The van der Waals surface area contributed by atoms with E-state index in [1.54, 1.807) is 0 Å². The Morgan fingerprint density at radius 1 is 1.42 bits per heavy atom. The highest BCUT2D eigenvalue weighted by atomic mass is 16.2. The van der Waals surface area contributed by atoms with Gasteiger partial charge in [-0.25, -0.2) is 0 Å². The molecule has 1 heterocycles. The smallest absolute Gasteiger partial charge is 0.234 e. The molecule has 0 aliphatic carbocycles. The van der Waals surface area contributed by atoms with E-state index < -0.39 is 0 Å². The van der Waals surface area contributed by atoms with Crippen molar-refractivity contribution >= 4 is 11.6 Å². The molecule has 2 rings (SSSR count). The molecule has 4 heteroatoms. The Labute approximate surface area is 115 Å². The molecule has 1 aromatic rings. The van der Waals surface area contributed by atoms with E-state index in [2.05, 4.69) is 30.1 Å². The van der Waals surface area contributed by atoms with Gasteiger partial charge >= 0.3 is 0 Å². The normalized spacial score (nSPS) is 16.1. The van der Waals surface area contributed by atoms with Gasteiger partial charge in [-0.1, -0.05) is 19.4 Å². The predicted octanol–water partition coefficient (Wildman–Crippen LogP) is 1.89. The average molecular weight is 261 g/mol. The summed E-state index contributed by atoms with van der Waals surface area (Å²) in [5.41, 5.74) is 9.10. The van der Waals surface area contributed by atoms with Crippen LogP contribution in [0.3, 0.4) is 0 Å². The number of benzene rings is 1. The highest BCUT2D eigenvalue weighted by molar-refractivity contribution is 5.78. The van der Waals surface area contributed by atoms with Crippen molar-refractivity contribution < 1.29 is 4.79 Å². The molecule has 0 saturated heterocycles. The van der Waals surface area contributed by atoms with Crippen LogP contribution in [-0.2, 0) is 17.9 Å². The van der Waals surface area contributed by atoms with E-state index in [0.29, 0.717) is 6.54 Å². The van der Waals surface area contributed by atoms with Crippen LogP contribution < -0.4 is 11.1 Å². The number of nitrogen functional groups attached to an aromatic ring is 1. The molecule has 0 radical (unpaired) electrons. The number of rotatable bonds is 5. The Hall–Kier alpha value is -1.55. The number of anilines is 1. The molecule has 4 nitrogen and oxygen atoms in total. The largest absolute Gasteiger partial charge is 0.399 e. The second kappa shape index (κ2) is 6.06. The molecule has 3 N–H and O–H groups in total. The third-order valence-electron chi connectivity index (χ3n) is 3.51. The monoisotopic (exact) mass is 261 g/mol. The average Bonchev–Trinajstić information content (AvgIpc) is 2.70. The van der Waals surface area contributed by atoms with E-state index in [4.69, 9.17) is 5.73 Å². The standard InChI is InChI=1S/C15H23N3O/c1-3-4-11(2)17-15(19)10-18-8-12-5-6-14(16)7-13(12)9-18/h5-7,11H,3-4,8-10,16H2,1-2H3,(H,17,19). The van der Waals surface area contributed by atoms with E-state index >= 15 is 0 Å². The van der Waals surface area contributed by atoms with E-state index in [1.165, 1.54) is 11.1 Å². The fourth-order valence-corrected chi connectivity index (χ4v) is 2.63. The fraction of sp³-hybridized carbons (Fsp3) is 0.533. The van der Waals surface area contributed by atoms with Crippen LogP contribution in [0, 0.1) is 0 Å².